The predicted octanol–water partition coefficient (Wildman–Crippen LogP) is 4.46. The molecular formula is C15H16F3NOS. The van der Waals surface area contributed by atoms with E-state index in [1.807, 2.05) is 19.1 Å². The summed E-state index contributed by atoms with van der Waals surface area (Å²) in [6.45, 7) is 3.80. The average Bonchev–Trinajstić information content (AvgIpc) is 2.90. The zero-order chi connectivity index (χ0) is 15.3. The van der Waals surface area contributed by atoms with Gasteiger partial charge in [0.2, 0.25) is 0 Å². The normalized spacial score (nSPS) is 11.6. The summed E-state index contributed by atoms with van der Waals surface area (Å²) in [6.07, 6.45) is -4.40. The fourth-order valence-electron chi connectivity index (χ4n) is 1.82. The smallest absolute Gasteiger partial charge is 0.419 e. The Kier molecular flexibility index (Phi) is 5.25. The molecule has 0 saturated carbocycles. The number of hydrogen-bond acceptors (Lipinski definition) is 3. The molecule has 0 unspecified atom stereocenters. The van der Waals surface area contributed by atoms with Crippen LogP contribution in [0.4, 0.5) is 13.2 Å². The summed E-state index contributed by atoms with van der Waals surface area (Å²) in [5.41, 5.74) is -0.741. The lowest BCUT2D eigenvalue weighted by Gasteiger charge is -2.13. The molecule has 0 aliphatic heterocycles. The van der Waals surface area contributed by atoms with Gasteiger partial charge in [-0.3, -0.25) is 0 Å². The van der Waals surface area contributed by atoms with E-state index < -0.39 is 11.7 Å². The Labute approximate surface area is 125 Å². The Morgan fingerprint density at radius 1 is 1.10 bits per heavy atom. The van der Waals surface area contributed by atoms with Crippen molar-refractivity contribution in [2.45, 2.75) is 26.3 Å². The molecule has 0 radical (unpaired) electrons. The largest absolute Gasteiger partial charge is 0.487 e. The van der Waals surface area contributed by atoms with Crippen molar-refractivity contribution in [1.29, 1.82) is 0 Å². The van der Waals surface area contributed by atoms with Crippen molar-refractivity contribution in [1.82, 2.24) is 5.32 Å². The Hall–Kier alpha value is -1.53. The zero-order valence-electron chi connectivity index (χ0n) is 11.5. The van der Waals surface area contributed by atoms with Crippen molar-refractivity contribution in [3.05, 3.63) is 51.7 Å². The van der Waals surface area contributed by atoms with Crippen LogP contribution in [0.1, 0.15) is 22.2 Å². The molecule has 1 aromatic heterocycles. The SMILES string of the molecule is CCNCc1ccc(COc2ccccc2C(F)(F)F)s1. The Balaban J connectivity index is 2.02. The van der Waals surface area contributed by atoms with Crippen LogP contribution in [0.5, 0.6) is 5.75 Å². The van der Waals surface area contributed by atoms with Gasteiger partial charge >= 0.3 is 6.18 Å². The summed E-state index contributed by atoms with van der Waals surface area (Å²) in [5.74, 6) is -0.133. The van der Waals surface area contributed by atoms with Gasteiger partial charge in [-0.25, -0.2) is 0 Å². The van der Waals surface area contributed by atoms with Gasteiger partial charge < -0.3 is 10.1 Å². The van der Waals surface area contributed by atoms with E-state index in [9.17, 15) is 13.2 Å². The summed E-state index contributed by atoms with van der Waals surface area (Å²) in [5, 5.41) is 3.20. The highest BCUT2D eigenvalue weighted by atomic mass is 32.1. The maximum Gasteiger partial charge on any atom is 0.419 e. The monoisotopic (exact) mass is 315 g/mol. The molecule has 2 rings (SSSR count). The number of ether oxygens (including phenoxy) is 1. The number of thiophene rings is 1. The Morgan fingerprint density at radius 2 is 1.81 bits per heavy atom. The van der Waals surface area contributed by atoms with E-state index in [2.05, 4.69) is 5.32 Å². The van der Waals surface area contributed by atoms with Crippen LogP contribution in [0.15, 0.2) is 36.4 Å². The quantitative estimate of drug-likeness (QED) is 0.850. The van der Waals surface area contributed by atoms with Crippen molar-refractivity contribution in [2.24, 2.45) is 0 Å². The molecule has 1 aromatic carbocycles. The molecule has 0 saturated heterocycles. The van der Waals surface area contributed by atoms with Gasteiger partial charge in [-0.2, -0.15) is 13.2 Å². The van der Waals surface area contributed by atoms with Gasteiger partial charge in [0, 0.05) is 16.3 Å². The van der Waals surface area contributed by atoms with Crippen molar-refractivity contribution in [2.75, 3.05) is 6.54 Å². The van der Waals surface area contributed by atoms with E-state index in [0.29, 0.717) is 0 Å². The number of rotatable bonds is 6. The van der Waals surface area contributed by atoms with Gasteiger partial charge in [0.15, 0.2) is 0 Å². The van der Waals surface area contributed by atoms with Gasteiger partial charge in [0.1, 0.15) is 12.4 Å². The molecule has 1 N–H and O–H groups in total. The van der Waals surface area contributed by atoms with E-state index in [1.165, 1.54) is 29.5 Å². The Bertz CT molecular complexity index is 580. The highest BCUT2D eigenvalue weighted by molar-refractivity contribution is 7.11. The van der Waals surface area contributed by atoms with Crippen LogP contribution in [0.2, 0.25) is 0 Å². The molecule has 0 amide bonds. The van der Waals surface area contributed by atoms with Gasteiger partial charge in [0.05, 0.1) is 5.56 Å². The van der Waals surface area contributed by atoms with Crippen LogP contribution in [0.3, 0.4) is 0 Å². The second-order valence-electron chi connectivity index (χ2n) is 4.43. The van der Waals surface area contributed by atoms with Crippen molar-refractivity contribution in [3.63, 3.8) is 0 Å². The van der Waals surface area contributed by atoms with Crippen LogP contribution in [-0.2, 0) is 19.3 Å². The van der Waals surface area contributed by atoms with Crippen LogP contribution < -0.4 is 10.1 Å². The lowest BCUT2D eigenvalue weighted by Crippen LogP contribution is -2.10. The second-order valence-corrected chi connectivity index (χ2v) is 5.68. The van der Waals surface area contributed by atoms with Crippen LogP contribution in [-0.4, -0.2) is 6.54 Å². The summed E-state index contributed by atoms with van der Waals surface area (Å²) in [7, 11) is 0. The first-order chi connectivity index (χ1) is 10.0. The summed E-state index contributed by atoms with van der Waals surface area (Å²) in [4.78, 5) is 2.04. The van der Waals surface area contributed by atoms with Gasteiger partial charge in [-0.05, 0) is 30.8 Å². The van der Waals surface area contributed by atoms with Gasteiger partial charge in [-0.15, -0.1) is 11.3 Å². The zero-order valence-corrected chi connectivity index (χ0v) is 12.4. The number of hydrogen-bond donors (Lipinski definition) is 1. The predicted molar refractivity (Wildman–Crippen MR) is 77.5 cm³/mol. The fourth-order valence-corrected chi connectivity index (χ4v) is 2.72. The third kappa shape index (κ3) is 4.47. The second kappa shape index (κ2) is 6.95. The minimum Gasteiger partial charge on any atom is -0.487 e. The van der Waals surface area contributed by atoms with Crippen molar-refractivity contribution in [3.8, 4) is 5.75 Å². The summed E-state index contributed by atoms with van der Waals surface area (Å²) < 4.78 is 43.8. The third-order valence-corrected chi connectivity index (χ3v) is 3.89. The van der Waals surface area contributed by atoms with Crippen LogP contribution in [0, 0.1) is 0 Å². The van der Waals surface area contributed by atoms with Crippen molar-refractivity contribution >= 4 is 11.3 Å². The lowest BCUT2D eigenvalue weighted by molar-refractivity contribution is -0.139. The molecule has 0 bridgehead atoms. The first-order valence-electron chi connectivity index (χ1n) is 6.58. The minimum absolute atomic E-state index is 0.133. The van der Waals surface area contributed by atoms with Crippen molar-refractivity contribution < 1.29 is 17.9 Å². The molecule has 0 fully saturated rings. The van der Waals surface area contributed by atoms with E-state index in [4.69, 9.17) is 4.74 Å². The van der Waals surface area contributed by atoms with E-state index in [1.54, 1.807) is 0 Å². The van der Waals surface area contributed by atoms with E-state index in [-0.39, 0.29) is 12.4 Å². The number of nitrogens with one attached hydrogen (secondary N) is 1. The fraction of sp³-hybridized carbons (Fsp3) is 0.333. The third-order valence-electron chi connectivity index (χ3n) is 2.83. The van der Waals surface area contributed by atoms with Gasteiger partial charge in [-0.1, -0.05) is 19.1 Å². The molecule has 6 heteroatoms. The molecule has 1 heterocycles. The standard InChI is InChI=1S/C15H16F3NOS/c1-2-19-9-11-7-8-12(21-11)10-20-14-6-4-3-5-13(14)15(16,17)18/h3-8,19H,2,9-10H2,1H3. The van der Waals surface area contributed by atoms with Gasteiger partial charge in [0.25, 0.3) is 0 Å². The van der Waals surface area contributed by atoms with E-state index in [0.717, 1.165) is 28.9 Å². The molecular weight excluding hydrogens is 299 g/mol. The topological polar surface area (TPSA) is 21.3 Å². The van der Waals surface area contributed by atoms with E-state index >= 15 is 0 Å². The lowest BCUT2D eigenvalue weighted by atomic mass is 10.2. The first-order valence-corrected chi connectivity index (χ1v) is 7.39. The molecule has 0 atom stereocenters. The first kappa shape index (κ1) is 15.9. The number of alkyl halides is 3. The Morgan fingerprint density at radius 3 is 2.52 bits per heavy atom. The molecule has 0 spiro atoms. The summed E-state index contributed by atoms with van der Waals surface area (Å²) >= 11 is 1.54. The molecule has 2 nitrogen and oxygen atoms in total. The molecule has 0 aliphatic carbocycles. The van der Waals surface area contributed by atoms with Crippen LogP contribution >= 0.6 is 11.3 Å². The summed E-state index contributed by atoms with van der Waals surface area (Å²) in [6, 6.07) is 9.11. The maximum absolute atomic E-state index is 12.8. The number of halogens is 3. The molecule has 2 aromatic rings. The highest BCUT2D eigenvalue weighted by Crippen LogP contribution is 2.36. The average molecular weight is 315 g/mol. The molecule has 0 aliphatic rings. The minimum atomic E-state index is -4.40. The highest BCUT2D eigenvalue weighted by Gasteiger charge is 2.33. The maximum atomic E-state index is 12.8. The number of para-hydroxylation sites is 1. The number of benzene rings is 1. The molecule has 21 heavy (non-hydrogen) atoms. The molecule has 114 valence electrons. The van der Waals surface area contributed by atoms with Crippen LogP contribution in [0.25, 0.3) is 0 Å².